The molecule has 25 heavy (non-hydrogen) atoms. The van der Waals surface area contributed by atoms with E-state index in [2.05, 4.69) is 11.1 Å². The van der Waals surface area contributed by atoms with Crippen LogP contribution in [0.1, 0.15) is 9.67 Å². The molecule has 9 heteroatoms. The molecule has 0 aliphatic heterocycles. The third kappa shape index (κ3) is 8.62. The summed E-state index contributed by atoms with van der Waals surface area (Å²) in [4.78, 5) is 15.1. The fraction of sp³-hybridized carbons (Fsp3) is 0.125. The number of allylic oxidation sites excluding steroid dienone is 1. The van der Waals surface area contributed by atoms with Crippen LogP contribution >= 0.6 is 35.1 Å². The lowest BCUT2D eigenvalue weighted by Crippen LogP contribution is -2.02. The number of halogens is 1. The Bertz CT molecular complexity index is 665. The number of carbonyl (C=O) groups excluding carboxylic acids is 1. The van der Waals surface area contributed by atoms with Gasteiger partial charge in [0.2, 0.25) is 0 Å². The van der Waals surface area contributed by atoms with Crippen molar-refractivity contribution in [3.05, 3.63) is 64.4 Å². The Morgan fingerprint density at radius 2 is 1.88 bits per heavy atom. The average Bonchev–Trinajstić information content (AvgIpc) is 3.37. The van der Waals surface area contributed by atoms with Gasteiger partial charge in [-0.25, -0.2) is 5.90 Å². The maximum atomic E-state index is 11.3. The zero-order valence-corrected chi connectivity index (χ0v) is 16.2. The number of hydrogen-bond acceptors (Lipinski definition) is 8. The summed E-state index contributed by atoms with van der Waals surface area (Å²) in [5, 5.41) is 14.0. The van der Waals surface area contributed by atoms with Gasteiger partial charge in [-0.2, -0.15) is 0 Å². The molecule has 0 saturated carbocycles. The Balaban J connectivity index is 0.000000408. The monoisotopic (exact) mass is 401 g/mol. The molecule has 0 saturated heterocycles. The first-order chi connectivity index (χ1) is 11.7. The zero-order chi connectivity index (χ0) is 17.8. The third-order valence-electron chi connectivity index (χ3n) is 2.49. The molecule has 3 heterocycles. The summed E-state index contributed by atoms with van der Waals surface area (Å²) in [5.41, 5.74) is 0. The Morgan fingerprint density at radius 1 is 1.20 bits per heavy atom. The molecule has 3 rings (SSSR count). The molecular weight excluding hydrogens is 382 g/mol. The van der Waals surface area contributed by atoms with Crippen LogP contribution in [0.4, 0.5) is 0 Å². The van der Waals surface area contributed by atoms with Crippen LogP contribution in [0.15, 0.2) is 64.1 Å². The summed E-state index contributed by atoms with van der Waals surface area (Å²) in [6.45, 7) is 0. The smallest absolute Gasteiger partial charge is 0.197 e. The maximum absolute atomic E-state index is 11.3. The minimum absolute atomic E-state index is 0. The number of hydrogen-bond donors (Lipinski definition) is 2. The van der Waals surface area contributed by atoms with Crippen LogP contribution in [0.5, 0.6) is 0 Å². The minimum Gasteiger partial charge on any atom is -0.383 e. The van der Waals surface area contributed by atoms with Gasteiger partial charge in [0.15, 0.2) is 11.5 Å². The number of ketones is 1. The summed E-state index contributed by atoms with van der Waals surface area (Å²) < 4.78 is 4.94. The SMILES string of the molecule is CN(C)/C=C/C(=O)c1cccs1.Cl.NO.c1csc(-c2ccno2)c1. The van der Waals surface area contributed by atoms with Crippen molar-refractivity contribution in [2.24, 2.45) is 5.90 Å². The van der Waals surface area contributed by atoms with Crippen molar-refractivity contribution >= 4 is 40.9 Å². The molecule has 0 radical (unpaired) electrons. The van der Waals surface area contributed by atoms with Crippen molar-refractivity contribution in [1.82, 2.24) is 10.1 Å². The van der Waals surface area contributed by atoms with Gasteiger partial charge >= 0.3 is 0 Å². The molecule has 3 aromatic heterocycles. The molecule has 136 valence electrons. The van der Waals surface area contributed by atoms with E-state index in [1.54, 1.807) is 29.8 Å². The average molecular weight is 402 g/mol. The summed E-state index contributed by atoms with van der Waals surface area (Å²) in [7, 11) is 3.77. The predicted molar refractivity (Wildman–Crippen MR) is 105 cm³/mol. The van der Waals surface area contributed by atoms with Crippen molar-refractivity contribution in [1.29, 1.82) is 0 Å². The molecule has 0 aliphatic rings. The standard InChI is InChI=1S/C9H11NOS.C7H5NOS.ClH.H3NO/c1-10(2)6-5-8(11)9-4-3-7-12-9;1-2-7(10-5-1)6-3-4-8-9-6;;1-2/h3-7H,1-2H3;1-5H;1H;2H,1H2/b6-5+;;;. The van der Waals surface area contributed by atoms with E-state index < -0.39 is 0 Å². The van der Waals surface area contributed by atoms with Crippen LogP contribution in [0, 0.1) is 0 Å². The van der Waals surface area contributed by atoms with Gasteiger partial charge in [-0.05, 0) is 22.9 Å². The zero-order valence-electron chi connectivity index (χ0n) is 13.7. The summed E-state index contributed by atoms with van der Waals surface area (Å²) in [5.74, 6) is 4.41. The van der Waals surface area contributed by atoms with E-state index in [0.29, 0.717) is 0 Å². The fourth-order valence-electron chi connectivity index (χ4n) is 1.48. The van der Waals surface area contributed by atoms with Gasteiger partial charge in [-0.1, -0.05) is 17.3 Å². The van der Waals surface area contributed by atoms with Gasteiger partial charge in [-0.3, -0.25) is 4.79 Å². The van der Waals surface area contributed by atoms with Crippen LogP contribution in [0.25, 0.3) is 10.6 Å². The molecule has 3 N–H and O–H groups in total. The number of rotatable bonds is 4. The molecule has 0 fully saturated rings. The van der Waals surface area contributed by atoms with Gasteiger partial charge in [0.05, 0.1) is 16.0 Å². The van der Waals surface area contributed by atoms with Crippen molar-refractivity contribution < 1.29 is 14.5 Å². The first kappa shape index (κ1) is 23.0. The van der Waals surface area contributed by atoms with Gasteiger partial charge in [0.1, 0.15) is 0 Å². The quantitative estimate of drug-likeness (QED) is 0.387. The van der Waals surface area contributed by atoms with Crippen LogP contribution in [-0.4, -0.2) is 35.1 Å². The number of thiophene rings is 2. The highest BCUT2D eigenvalue weighted by molar-refractivity contribution is 7.13. The Kier molecular flexibility index (Phi) is 12.3. The van der Waals surface area contributed by atoms with Crippen LogP contribution in [-0.2, 0) is 0 Å². The molecule has 0 atom stereocenters. The Labute approximate surface area is 160 Å². The van der Waals surface area contributed by atoms with E-state index >= 15 is 0 Å². The fourth-order valence-corrected chi connectivity index (χ4v) is 2.81. The van der Waals surface area contributed by atoms with Crippen LogP contribution < -0.4 is 5.90 Å². The second-order valence-corrected chi connectivity index (χ2v) is 6.37. The molecule has 3 aromatic rings. The predicted octanol–water partition coefficient (Wildman–Crippen LogP) is 4.17. The lowest BCUT2D eigenvalue weighted by atomic mass is 10.3. The van der Waals surface area contributed by atoms with E-state index in [-0.39, 0.29) is 18.2 Å². The molecule has 0 aromatic carbocycles. The summed E-state index contributed by atoms with van der Waals surface area (Å²) >= 11 is 3.11. The second kappa shape index (κ2) is 13.3. The number of aromatic nitrogens is 1. The lowest BCUT2D eigenvalue weighted by molar-refractivity contribution is 0.104. The van der Waals surface area contributed by atoms with Crippen molar-refractivity contribution in [2.45, 2.75) is 0 Å². The highest BCUT2D eigenvalue weighted by Gasteiger charge is 2.01. The number of nitrogens with zero attached hydrogens (tertiary/aromatic N) is 2. The van der Waals surface area contributed by atoms with Crippen LogP contribution in [0.3, 0.4) is 0 Å². The third-order valence-corrected chi connectivity index (χ3v) is 4.26. The van der Waals surface area contributed by atoms with Crippen LogP contribution in [0.2, 0.25) is 0 Å². The molecule has 0 amide bonds. The molecule has 0 spiro atoms. The van der Waals surface area contributed by atoms with Crippen molar-refractivity contribution in [2.75, 3.05) is 14.1 Å². The summed E-state index contributed by atoms with van der Waals surface area (Å²) in [6, 6.07) is 9.55. The normalized spacial score (nSPS) is 9.28. The maximum Gasteiger partial charge on any atom is 0.197 e. The second-order valence-electron chi connectivity index (χ2n) is 4.47. The number of nitrogens with two attached hydrogens (primary N) is 1. The Morgan fingerprint density at radius 3 is 2.36 bits per heavy atom. The van der Waals surface area contributed by atoms with E-state index in [1.165, 1.54) is 11.3 Å². The van der Waals surface area contributed by atoms with E-state index in [0.717, 1.165) is 15.5 Å². The van der Waals surface area contributed by atoms with Gasteiger partial charge in [0.25, 0.3) is 0 Å². The van der Waals surface area contributed by atoms with Gasteiger partial charge in [-0.15, -0.1) is 35.1 Å². The van der Waals surface area contributed by atoms with Gasteiger partial charge < -0.3 is 14.6 Å². The van der Waals surface area contributed by atoms with Gasteiger partial charge in [0, 0.05) is 32.4 Å². The minimum atomic E-state index is 0. The number of carbonyl (C=O) groups is 1. The summed E-state index contributed by atoms with van der Waals surface area (Å²) in [6.07, 6.45) is 4.98. The first-order valence-corrected chi connectivity index (χ1v) is 8.55. The van der Waals surface area contributed by atoms with E-state index in [9.17, 15) is 4.79 Å². The highest BCUT2D eigenvalue weighted by atomic mass is 35.5. The molecule has 0 aliphatic carbocycles. The first-order valence-electron chi connectivity index (χ1n) is 6.79. The Hall–Kier alpha value is -1.97. The topological polar surface area (TPSA) is 92.6 Å². The van der Waals surface area contributed by atoms with E-state index in [1.807, 2.05) is 60.1 Å². The molecular formula is C16H20ClN3O3S2. The highest BCUT2D eigenvalue weighted by Crippen LogP contribution is 2.23. The largest absolute Gasteiger partial charge is 0.383 e. The van der Waals surface area contributed by atoms with Crippen molar-refractivity contribution in [3.63, 3.8) is 0 Å². The molecule has 0 bridgehead atoms. The molecule has 6 nitrogen and oxygen atoms in total. The van der Waals surface area contributed by atoms with E-state index in [4.69, 9.17) is 9.73 Å². The molecule has 0 unspecified atom stereocenters. The lowest BCUT2D eigenvalue weighted by Gasteiger charge is -2.01. The van der Waals surface area contributed by atoms with Crippen molar-refractivity contribution in [3.8, 4) is 10.6 Å².